The molecule has 2 rings (SSSR count). The number of para-hydroxylation sites is 1. The summed E-state index contributed by atoms with van der Waals surface area (Å²) in [6.45, 7) is 1.19. The molecule has 0 heterocycles. The lowest BCUT2D eigenvalue weighted by atomic mass is 10.2. The van der Waals surface area contributed by atoms with Crippen LogP contribution in [0.25, 0.3) is 0 Å². The molecule has 2 aromatic carbocycles. The van der Waals surface area contributed by atoms with Crippen LogP contribution < -0.4 is 24.8 Å². The van der Waals surface area contributed by atoms with E-state index in [1.54, 1.807) is 14.2 Å². The number of hydrogen-bond acceptors (Lipinski definition) is 4. The highest BCUT2D eigenvalue weighted by atomic mass is 16.5. The van der Waals surface area contributed by atoms with Gasteiger partial charge in [-0.2, -0.15) is 0 Å². The van der Waals surface area contributed by atoms with Crippen LogP contribution in [0.5, 0.6) is 17.2 Å². The van der Waals surface area contributed by atoms with Crippen LogP contribution in [0.15, 0.2) is 48.5 Å². The van der Waals surface area contributed by atoms with Gasteiger partial charge in [0.05, 0.1) is 20.8 Å². The first-order valence-electron chi connectivity index (χ1n) is 7.63. The highest BCUT2D eigenvalue weighted by Gasteiger charge is 2.04. The van der Waals surface area contributed by atoms with Gasteiger partial charge in [-0.05, 0) is 30.3 Å². The minimum Gasteiger partial charge on any atom is -0.497 e. The zero-order valence-corrected chi connectivity index (χ0v) is 13.9. The standard InChI is InChI=1S/C18H22N2O4/c1-22-15-7-9-16(10-8-15)24-12-11-19-18(21)20-13-14-5-3-4-6-17(14)23-2/h3-10H,11-13H2,1-2H3,(H2,19,20,21). The molecule has 0 unspecified atom stereocenters. The van der Waals surface area contributed by atoms with Gasteiger partial charge in [0.2, 0.25) is 0 Å². The average Bonchev–Trinajstić information content (AvgIpc) is 2.64. The van der Waals surface area contributed by atoms with Crippen molar-refractivity contribution in [2.75, 3.05) is 27.4 Å². The minimum absolute atomic E-state index is 0.251. The summed E-state index contributed by atoms with van der Waals surface area (Å²) in [5, 5.41) is 5.53. The van der Waals surface area contributed by atoms with Gasteiger partial charge in [-0.25, -0.2) is 4.79 Å². The molecule has 6 heteroatoms. The van der Waals surface area contributed by atoms with E-state index >= 15 is 0 Å². The molecular weight excluding hydrogens is 308 g/mol. The summed E-state index contributed by atoms with van der Waals surface area (Å²) in [7, 11) is 3.22. The van der Waals surface area contributed by atoms with Crippen molar-refractivity contribution in [3.05, 3.63) is 54.1 Å². The number of carbonyl (C=O) groups is 1. The van der Waals surface area contributed by atoms with Gasteiger partial charge in [0.15, 0.2) is 0 Å². The Morgan fingerprint density at radius 3 is 2.33 bits per heavy atom. The molecule has 6 nitrogen and oxygen atoms in total. The Balaban J connectivity index is 1.66. The number of methoxy groups -OCH3 is 2. The van der Waals surface area contributed by atoms with Gasteiger partial charge in [-0.3, -0.25) is 0 Å². The lowest BCUT2D eigenvalue weighted by Gasteiger charge is -2.11. The first kappa shape index (κ1) is 17.5. The predicted molar refractivity (Wildman–Crippen MR) is 91.7 cm³/mol. The molecule has 0 atom stereocenters. The van der Waals surface area contributed by atoms with Crippen molar-refractivity contribution >= 4 is 6.03 Å². The van der Waals surface area contributed by atoms with Crippen molar-refractivity contribution in [1.29, 1.82) is 0 Å². The Bertz CT molecular complexity index is 644. The Hall–Kier alpha value is -2.89. The van der Waals surface area contributed by atoms with E-state index in [-0.39, 0.29) is 6.03 Å². The van der Waals surface area contributed by atoms with Crippen LogP contribution in [-0.4, -0.2) is 33.4 Å². The summed E-state index contributed by atoms with van der Waals surface area (Å²) in [5.74, 6) is 2.25. The van der Waals surface area contributed by atoms with Gasteiger partial charge in [-0.15, -0.1) is 0 Å². The van der Waals surface area contributed by atoms with Gasteiger partial charge in [0.1, 0.15) is 23.9 Å². The van der Waals surface area contributed by atoms with Crippen molar-refractivity contribution in [2.45, 2.75) is 6.54 Å². The van der Waals surface area contributed by atoms with E-state index in [9.17, 15) is 4.79 Å². The van der Waals surface area contributed by atoms with Gasteiger partial charge in [0.25, 0.3) is 0 Å². The second kappa shape index (κ2) is 9.29. The number of rotatable bonds is 8. The molecule has 0 bridgehead atoms. The molecule has 128 valence electrons. The summed E-state index contributed by atoms with van der Waals surface area (Å²) in [6, 6.07) is 14.6. The Morgan fingerprint density at radius 1 is 0.917 bits per heavy atom. The second-order valence-corrected chi connectivity index (χ2v) is 4.95. The first-order valence-corrected chi connectivity index (χ1v) is 7.63. The SMILES string of the molecule is COc1ccc(OCCNC(=O)NCc2ccccc2OC)cc1. The first-order chi connectivity index (χ1) is 11.7. The molecule has 0 aliphatic rings. The zero-order chi connectivity index (χ0) is 17.2. The number of nitrogens with one attached hydrogen (secondary N) is 2. The molecular formula is C18H22N2O4. The summed E-state index contributed by atoms with van der Waals surface area (Å²) < 4.78 is 15.9. The normalized spacial score (nSPS) is 9.92. The number of carbonyl (C=O) groups excluding carboxylic acids is 1. The van der Waals surface area contributed by atoms with Crippen LogP contribution in [0.2, 0.25) is 0 Å². The van der Waals surface area contributed by atoms with E-state index in [0.717, 1.165) is 22.8 Å². The number of benzene rings is 2. The molecule has 2 N–H and O–H groups in total. The largest absolute Gasteiger partial charge is 0.497 e. The fourth-order valence-corrected chi connectivity index (χ4v) is 2.09. The summed E-state index contributed by atoms with van der Waals surface area (Å²) in [4.78, 5) is 11.8. The molecule has 0 radical (unpaired) electrons. The Labute approximate surface area is 141 Å². The fraction of sp³-hybridized carbons (Fsp3) is 0.278. The average molecular weight is 330 g/mol. The van der Waals surface area contributed by atoms with Crippen molar-refractivity contribution < 1.29 is 19.0 Å². The smallest absolute Gasteiger partial charge is 0.315 e. The Morgan fingerprint density at radius 2 is 1.62 bits per heavy atom. The zero-order valence-electron chi connectivity index (χ0n) is 13.9. The van der Waals surface area contributed by atoms with Crippen LogP contribution in [0.4, 0.5) is 4.79 Å². The number of hydrogen-bond donors (Lipinski definition) is 2. The van der Waals surface area contributed by atoms with E-state index in [4.69, 9.17) is 14.2 Å². The van der Waals surface area contributed by atoms with Crippen molar-refractivity contribution in [1.82, 2.24) is 10.6 Å². The van der Waals surface area contributed by atoms with Gasteiger partial charge in [0, 0.05) is 12.1 Å². The van der Waals surface area contributed by atoms with Crippen molar-refractivity contribution in [3.63, 3.8) is 0 Å². The molecule has 2 amide bonds. The van der Waals surface area contributed by atoms with Crippen LogP contribution >= 0.6 is 0 Å². The van der Waals surface area contributed by atoms with E-state index in [1.165, 1.54) is 0 Å². The van der Waals surface area contributed by atoms with E-state index in [1.807, 2.05) is 48.5 Å². The maximum absolute atomic E-state index is 11.8. The van der Waals surface area contributed by atoms with Gasteiger partial charge in [-0.1, -0.05) is 18.2 Å². The molecule has 2 aromatic rings. The molecule has 0 aliphatic carbocycles. The maximum Gasteiger partial charge on any atom is 0.315 e. The molecule has 0 fully saturated rings. The molecule has 0 saturated carbocycles. The van der Waals surface area contributed by atoms with Gasteiger partial charge < -0.3 is 24.8 Å². The lowest BCUT2D eigenvalue weighted by molar-refractivity contribution is 0.236. The molecule has 0 spiro atoms. The molecule has 0 aromatic heterocycles. The molecule has 0 aliphatic heterocycles. The van der Waals surface area contributed by atoms with Crippen LogP contribution in [0.1, 0.15) is 5.56 Å². The number of ether oxygens (including phenoxy) is 3. The van der Waals surface area contributed by atoms with E-state index in [2.05, 4.69) is 10.6 Å². The maximum atomic E-state index is 11.8. The van der Waals surface area contributed by atoms with Crippen molar-refractivity contribution in [3.8, 4) is 17.2 Å². The highest BCUT2D eigenvalue weighted by Crippen LogP contribution is 2.17. The lowest BCUT2D eigenvalue weighted by Crippen LogP contribution is -2.37. The van der Waals surface area contributed by atoms with Crippen LogP contribution in [-0.2, 0) is 6.54 Å². The number of amides is 2. The van der Waals surface area contributed by atoms with Crippen LogP contribution in [0.3, 0.4) is 0 Å². The highest BCUT2D eigenvalue weighted by molar-refractivity contribution is 5.73. The van der Waals surface area contributed by atoms with E-state index < -0.39 is 0 Å². The van der Waals surface area contributed by atoms with Crippen LogP contribution in [0, 0.1) is 0 Å². The third-order valence-corrected chi connectivity index (χ3v) is 3.35. The van der Waals surface area contributed by atoms with Crippen molar-refractivity contribution in [2.24, 2.45) is 0 Å². The van der Waals surface area contributed by atoms with E-state index in [0.29, 0.717) is 19.7 Å². The predicted octanol–water partition coefficient (Wildman–Crippen LogP) is 2.58. The quantitative estimate of drug-likeness (QED) is 0.730. The second-order valence-electron chi connectivity index (χ2n) is 4.95. The third-order valence-electron chi connectivity index (χ3n) is 3.35. The molecule has 0 saturated heterocycles. The van der Waals surface area contributed by atoms with Gasteiger partial charge >= 0.3 is 6.03 Å². The summed E-state index contributed by atoms with van der Waals surface area (Å²) >= 11 is 0. The summed E-state index contributed by atoms with van der Waals surface area (Å²) in [6.07, 6.45) is 0. The topological polar surface area (TPSA) is 68.8 Å². The minimum atomic E-state index is -0.251. The number of urea groups is 1. The molecule has 24 heavy (non-hydrogen) atoms. The Kier molecular flexibility index (Phi) is 6.76. The fourth-order valence-electron chi connectivity index (χ4n) is 2.09. The monoisotopic (exact) mass is 330 g/mol. The third kappa shape index (κ3) is 5.39. The summed E-state index contributed by atoms with van der Waals surface area (Å²) in [5.41, 5.74) is 0.921.